The fourth-order valence-electron chi connectivity index (χ4n) is 1.16. The zero-order chi connectivity index (χ0) is 11.8. The summed E-state index contributed by atoms with van der Waals surface area (Å²) in [5, 5.41) is 2.86. The van der Waals surface area contributed by atoms with Crippen LogP contribution < -0.4 is 11.1 Å². The van der Waals surface area contributed by atoms with E-state index in [1.54, 1.807) is 0 Å². The van der Waals surface area contributed by atoms with Gasteiger partial charge in [-0.15, -0.1) is 0 Å². The molecular formula is C11H25N3O. The Morgan fingerprint density at radius 2 is 2.07 bits per heavy atom. The second kappa shape index (κ2) is 7.65. The first kappa shape index (κ1) is 14.4. The summed E-state index contributed by atoms with van der Waals surface area (Å²) in [5.74, 6) is 0.211. The molecule has 3 N–H and O–H groups in total. The van der Waals surface area contributed by atoms with Crippen LogP contribution >= 0.6 is 0 Å². The summed E-state index contributed by atoms with van der Waals surface area (Å²) in [6.45, 7) is 8.67. The Labute approximate surface area is 93.2 Å². The van der Waals surface area contributed by atoms with Gasteiger partial charge in [-0.25, -0.2) is 0 Å². The lowest BCUT2D eigenvalue weighted by Gasteiger charge is -2.19. The zero-order valence-corrected chi connectivity index (χ0v) is 10.4. The molecular weight excluding hydrogens is 190 g/mol. The summed E-state index contributed by atoms with van der Waals surface area (Å²) in [6.07, 6.45) is 0.934. The van der Waals surface area contributed by atoms with Crippen LogP contribution in [0.1, 0.15) is 27.2 Å². The molecule has 0 aromatic rings. The Balaban J connectivity index is 3.74. The third kappa shape index (κ3) is 5.74. The Morgan fingerprint density at radius 3 is 2.53 bits per heavy atom. The minimum atomic E-state index is -0.373. The van der Waals surface area contributed by atoms with Crippen molar-refractivity contribution >= 4 is 5.91 Å². The molecule has 0 radical (unpaired) electrons. The molecule has 0 aliphatic heterocycles. The summed E-state index contributed by atoms with van der Waals surface area (Å²) in [5.41, 5.74) is 5.79. The first-order valence-electron chi connectivity index (χ1n) is 5.74. The van der Waals surface area contributed by atoms with Gasteiger partial charge in [-0.1, -0.05) is 27.2 Å². The van der Waals surface area contributed by atoms with Crippen molar-refractivity contribution < 1.29 is 4.79 Å². The van der Waals surface area contributed by atoms with Gasteiger partial charge in [0.25, 0.3) is 0 Å². The molecule has 0 saturated carbocycles. The molecule has 0 fully saturated rings. The van der Waals surface area contributed by atoms with E-state index in [1.807, 2.05) is 20.9 Å². The van der Waals surface area contributed by atoms with Crippen molar-refractivity contribution in [2.45, 2.75) is 33.2 Å². The molecule has 2 atom stereocenters. The van der Waals surface area contributed by atoms with Crippen molar-refractivity contribution in [2.75, 3.05) is 26.7 Å². The number of nitrogens with one attached hydrogen (secondary N) is 1. The van der Waals surface area contributed by atoms with Crippen LogP contribution in [0.5, 0.6) is 0 Å². The predicted molar refractivity (Wildman–Crippen MR) is 63.6 cm³/mol. The van der Waals surface area contributed by atoms with Crippen LogP contribution in [0.15, 0.2) is 0 Å². The van der Waals surface area contributed by atoms with Gasteiger partial charge < -0.3 is 16.0 Å². The number of nitrogens with zero attached hydrogens (tertiary/aromatic N) is 1. The topological polar surface area (TPSA) is 58.4 Å². The molecule has 1 amide bonds. The summed E-state index contributed by atoms with van der Waals surface area (Å²) in [7, 11) is 2.03. The molecule has 0 rings (SSSR count). The predicted octanol–water partition coefficient (Wildman–Crippen LogP) is 0.428. The van der Waals surface area contributed by atoms with E-state index in [9.17, 15) is 4.79 Å². The number of carbonyl (C=O) groups is 1. The van der Waals surface area contributed by atoms with Gasteiger partial charge in [0.2, 0.25) is 5.91 Å². The Kier molecular flexibility index (Phi) is 7.34. The number of hydrogen-bond donors (Lipinski definition) is 2. The number of nitrogens with two attached hydrogens (primary N) is 1. The van der Waals surface area contributed by atoms with Gasteiger partial charge in [-0.2, -0.15) is 0 Å². The molecule has 0 saturated heterocycles. The van der Waals surface area contributed by atoms with Crippen LogP contribution in [0.25, 0.3) is 0 Å². The van der Waals surface area contributed by atoms with Gasteiger partial charge >= 0.3 is 0 Å². The molecule has 4 heteroatoms. The van der Waals surface area contributed by atoms with E-state index in [2.05, 4.69) is 17.1 Å². The van der Waals surface area contributed by atoms with Crippen molar-refractivity contribution in [3.05, 3.63) is 0 Å². The standard InChI is InChI=1S/C11H25N3O/c1-5-9(3)10(12)11(15)13-7-8-14(4)6-2/h9-10H,5-8,12H2,1-4H3,(H,13,15)/t9?,10-/m0/s1. The Morgan fingerprint density at radius 1 is 1.47 bits per heavy atom. The van der Waals surface area contributed by atoms with Gasteiger partial charge in [-0.05, 0) is 19.5 Å². The normalized spacial score (nSPS) is 15.1. The highest BCUT2D eigenvalue weighted by atomic mass is 16.2. The average Bonchev–Trinajstić information content (AvgIpc) is 2.26. The lowest BCUT2D eigenvalue weighted by Crippen LogP contribution is -2.46. The van der Waals surface area contributed by atoms with Crippen molar-refractivity contribution in [3.63, 3.8) is 0 Å². The molecule has 0 spiro atoms. The monoisotopic (exact) mass is 215 g/mol. The first-order chi connectivity index (χ1) is 7.02. The minimum absolute atomic E-state index is 0.0335. The van der Waals surface area contributed by atoms with Gasteiger partial charge in [0.1, 0.15) is 0 Å². The number of amides is 1. The van der Waals surface area contributed by atoms with Crippen molar-refractivity contribution in [1.29, 1.82) is 0 Å². The lowest BCUT2D eigenvalue weighted by atomic mass is 9.99. The SMILES string of the molecule is CCC(C)[C@H](N)C(=O)NCCN(C)CC. The van der Waals surface area contributed by atoms with Crippen LogP contribution in [0.2, 0.25) is 0 Å². The average molecular weight is 215 g/mol. The van der Waals surface area contributed by atoms with E-state index >= 15 is 0 Å². The molecule has 0 aliphatic rings. The highest BCUT2D eigenvalue weighted by Crippen LogP contribution is 2.04. The molecule has 0 heterocycles. The number of rotatable bonds is 7. The van der Waals surface area contributed by atoms with E-state index in [4.69, 9.17) is 5.73 Å². The number of carbonyl (C=O) groups excluding carboxylic acids is 1. The highest BCUT2D eigenvalue weighted by molar-refractivity contribution is 5.81. The molecule has 90 valence electrons. The second-order valence-electron chi connectivity index (χ2n) is 4.10. The van der Waals surface area contributed by atoms with Crippen molar-refractivity contribution in [2.24, 2.45) is 11.7 Å². The summed E-state index contributed by atoms with van der Waals surface area (Å²) < 4.78 is 0. The van der Waals surface area contributed by atoms with Crippen LogP contribution in [0, 0.1) is 5.92 Å². The molecule has 0 aromatic heterocycles. The third-order valence-corrected chi connectivity index (χ3v) is 2.89. The fourth-order valence-corrected chi connectivity index (χ4v) is 1.16. The van der Waals surface area contributed by atoms with Crippen LogP contribution in [0.3, 0.4) is 0 Å². The largest absolute Gasteiger partial charge is 0.353 e. The maximum Gasteiger partial charge on any atom is 0.237 e. The summed E-state index contributed by atoms with van der Waals surface area (Å²) in [6, 6.07) is -0.373. The van der Waals surface area contributed by atoms with Crippen LogP contribution in [0.4, 0.5) is 0 Å². The highest BCUT2D eigenvalue weighted by Gasteiger charge is 2.18. The number of hydrogen-bond acceptors (Lipinski definition) is 3. The van der Waals surface area contributed by atoms with Gasteiger partial charge in [0, 0.05) is 13.1 Å². The van der Waals surface area contributed by atoms with Crippen molar-refractivity contribution in [3.8, 4) is 0 Å². The maximum atomic E-state index is 11.6. The van der Waals surface area contributed by atoms with Crippen molar-refractivity contribution in [1.82, 2.24) is 10.2 Å². The molecule has 0 aromatic carbocycles. The minimum Gasteiger partial charge on any atom is -0.353 e. The van der Waals surface area contributed by atoms with E-state index < -0.39 is 0 Å². The fraction of sp³-hybridized carbons (Fsp3) is 0.909. The number of likely N-dealkylation sites (N-methyl/N-ethyl adjacent to an activating group) is 1. The van der Waals surface area contributed by atoms with E-state index in [0.29, 0.717) is 6.54 Å². The molecule has 4 nitrogen and oxygen atoms in total. The van der Waals surface area contributed by atoms with Crippen LogP contribution in [-0.4, -0.2) is 43.5 Å². The molecule has 0 bridgehead atoms. The van der Waals surface area contributed by atoms with Gasteiger partial charge in [-0.3, -0.25) is 4.79 Å². The molecule has 0 aliphatic carbocycles. The Hall–Kier alpha value is -0.610. The second-order valence-corrected chi connectivity index (χ2v) is 4.10. The smallest absolute Gasteiger partial charge is 0.237 e. The van der Waals surface area contributed by atoms with E-state index in [-0.39, 0.29) is 17.9 Å². The van der Waals surface area contributed by atoms with E-state index in [0.717, 1.165) is 19.5 Å². The third-order valence-electron chi connectivity index (χ3n) is 2.89. The molecule has 1 unspecified atom stereocenters. The van der Waals surface area contributed by atoms with E-state index in [1.165, 1.54) is 0 Å². The van der Waals surface area contributed by atoms with Gasteiger partial charge in [0.05, 0.1) is 6.04 Å². The molecule has 15 heavy (non-hydrogen) atoms. The summed E-state index contributed by atoms with van der Waals surface area (Å²) >= 11 is 0. The first-order valence-corrected chi connectivity index (χ1v) is 5.74. The summed E-state index contributed by atoms with van der Waals surface area (Å²) in [4.78, 5) is 13.7. The maximum absolute atomic E-state index is 11.6. The Bertz CT molecular complexity index is 185. The van der Waals surface area contributed by atoms with Crippen LogP contribution in [-0.2, 0) is 4.79 Å². The lowest BCUT2D eigenvalue weighted by molar-refractivity contribution is -0.123. The quantitative estimate of drug-likeness (QED) is 0.647. The van der Waals surface area contributed by atoms with Gasteiger partial charge in [0.15, 0.2) is 0 Å². The zero-order valence-electron chi connectivity index (χ0n) is 10.4.